The van der Waals surface area contributed by atoms with Crippen LogP contribution in [0.1, 0.15) is 22.6 Å². The number of carbonyl (C=O) groups excluding carboxylic acids is 1. The Bertz CT molecular complexity index is 1720. The Labute approximate surface area is 252 Å². The number of methoxy groups -OCH3 is 1. The van der Waals surface area contributed by atoms with Crippen molar-refractivity contribution in [3.05, 3.63) is 123 Å². The van der Waals surface area contributed by atoms with Crippen LogP contribution in [0.2, 0.25) is 10.0 Å². The molecule has 10 heteroatoms. The standard InChI is InChI=1S/C32H24Cl2N2O6/c1-38-29-13-19(9-12-27(29)40-17-20-5-2-3-8-26(20)34)31-24-11-10-23(15-28(24)42-32(36)25(31)16-35)41-30(37)18-39-22-7-4-6-21(33)14-22/h2-15,31H,17-18,36H2,1H3. The van der Waals surface area contributed by atoms with Crippen LogP contribution in [0.15, 0.2) is 96.4 Å². The van der Waals surface area contributed by atoms with Crippen LogP contribution < -0.4 is 29.4 Å². The van der Waals surface area contributed by atoms with Gasteiger partial charge >= 0.3 is 5.97 Å². The van der Waals surface area contributed by atoms with E-state index in [1.54, 1.807) is 60.7 Å². The normalized spacial score (nSPS) is 13.8. The Kier molecular flexibility index (Phi) is 8.72. The molecular formula is C32H24Cl2N2O6. The number of ether oxygens (including phenoxy) is 5. The molecule has 0 radical (unpaired) electrons. The average molecular weight is 603 g/mol. The maximum Gasteiger partial charge on any atom is 0.349 e. The van der Waals surface area contributed by atoms with E-state index in [4.69, 9.17) is 52.6 Å². The summed E-state index contributed by atoms with van der Waals surface area (Å²) < 4.78 is 28.2. The summed E-state index contributed by atoms with van der Waals surface area (Å²) in [5, 5.41) is 11.0. The fraction of sp³-hybridized carbons (Fsp3) is 0.125. The lowest BCUT2D eigenvalue weighted by atomic mass is 9.83. The fourth-order valence-electron chi connectivity index (χ4n) is 4.46. The fourth-order valence-corrected chi connectivity index (χ4v) is 4.83. The summed E-state index contributed by atoms with van der Waals surface area (Å²) in [4.78, 5) is 12.4. The Hall–Kier alpha value is -4.84. The molecule has 212 valence electrons. The molecule has 0 fully saturated rings. The molecule has 0 aromatic heterocycles. The van der Waals surface area contributed by atoms with E-state index in [0.717, 1.165) is 11.1 Å². The summed E-state index contributed by atoms with van der Waals surface area (Å²) in [7, 11) is 1.53. The first-order valence-corrected chi connectivity index (χ1v) is 13.5. The smallest absolute Gasteiger partial charge is 0.349 e. The molecule has 1 aliphatic rings. The quantitative estimate of drug-likeness (QED) is 0.165. The Morgan fingerprint density at radius 2 is 1.79 bits per heavy atom. The SMILES string of the molecule is COc1cc(C2C(C#N)=C(N)Oc3cc(OC(=O)COc4cccc(Cl)c4)ccc32)ccc1OCc1ccccc1Cl. The van der Waals surface area contributed by atoms with E-state index in [-0.39, 0.29) is 30.4 Å². The molecule has 1 heterocycles. The monoisotopic (exact) mass is 602 g/mol. The van der Waals surface area contributed by atoms with Crippen LogP contribution in [-0.4, -0.2) is 19.7 Å². The number of hydrogen-bond donors (Lipinski definition) is 1. The van der Waals surface area contributed by atoms with Crippen molar-refractivity contribution >= 4 is 29.2 Å². The molecule has 2 N–H and O–H groups in total. The number of hydrogen-bond acceptors (Lipinski definition) is 8. The van der Waals surface area contributed by atoms with Crippen LogP contribution in [0.25, 0.3) is 0 Å². The second kappa shape index (κ2) is 12.8. The minimum Gasteiger partial charge on any atom is -0.493 e. The van der Waals surface area contributed by atoms with Crippen molar-refractivity contribution in [1.82, 2.24) is 0 Å². The van der Waals surface area contributed by atoms with Gasteiger partial charge in [0.2, 0.25) is 5.88 Å². The molecule has 1 aliphatic heterocycles. The Balaban J connectivity index is 1.36. The summed E-state index contributed by atoms with van der Waals surface area (Å²) in [5.74, 6) is 0.730. The van der Waals surface area contributed by atoms with Crippen molar-refractivity contribution in [2.24, 2.45) is 5.73 Å². The van der Waals surface area contributed by atoms with Gasteiger partial charge in [0, 0.05) is 27.2 Å². The number of nitrogens with zero attached hydrogens (tertiary/aromatic N) is 1. The van der Waals surface area contributed by atoms with Crippen molar-refractivity contribution in [3.8, 4) is 34.8 Å². The lowest BCUT2D eigenvalue weighted by Crippen LogP contribution is -2.21. The van der Waals surface area contributed by atoms with E-state index in [1.165, 1.54) is 7.11 Å². The molecule has 1 unspecified atom stereocenters. The molecule has 0 saturated carbocycles. The predicted molar refractivity (Wildman–Crippen MR) is 157 cm³/mol. The highest BCUT2D eigenvalue weighted by Crippen LogP contribution is 2.45. The highest BCUT2D eigenvalue weighted by atomic mass is 35.5. The van der Waals surface area contributed by atoms with Gasteiger partial charge in [0.1, 0.15) is 35.5 Å². The van der Waals surface area contributed by atoms with Gasteiger partial charge in [-0.05, 0) is 48.0 Å². The Morgan fingerprint density at radius 1 is 0.952 bits per heavy atom. The number of nitrogens with two attached hydrogens (primary N) is 1. The van der Waals surface area contributed by atoms with Gasteiger partial charge in [0.05, 0.1) is 13.0 Å². The molecule has 0 bridgehead atoms. The number of fused-ring (bicyclic) bond motifs is 1. The molecule has 0 aliphatic carbocycles. The third kappa shape index (κ3) is 6.39. The van der Waals surface area contributed by atoms with E-state index in [1.807, 2.05) is 24.3 Å². The summed E-state index contributed by atoms with van der Waals surface area (Å²) >= 11 is 12.2. The van der Waals surface area contributed by atoms with Gasteiger partial charge in [-0.15, -0.1) is 0 Å². The number of allylic oxidation sites excluding steroid dienone is 1. The summed E-state index contributed by atoms with van der Waals surface area (Å²) in [6.07, 6.45) is 0. The third-order valence-electron chi connectivity index (χ3n) is 6.44. The van der Waals surface area contributed by atoms with E-state index in [0.29, 0.717) is 38.6 Å². The maximum atomic E-state index is 12.4. The molecular weight excluding hydrogens is 579 g/mol. The Morgan fingerprint density at radius 3 is 2.55 bits per heavy atom. The van der Waals surface area contributed by atoms with Crippen molar-refractivity contribution in [2.45, 2.75) is 12.5 Å². The lowest BCUT2D eigenvalue weighted by molar-refractivity contribution is -0.136. The molecule has 5 rings (SSSR count). The molecule has 42 heavy (non-hydrogen) atoms. The van der Waals surface area contributed by atoms with Crippen molar-refractivity contribution in [1.29, 1.82) is 5.26 Å². The number of benzene rings is 4. The molecule has 0 saturated heterocycles. The zero-order chi connectivity index (χ0) is 29.6. The first kappa shape index (κ1) is 28.7. The zero-order valence-electron chi connectivity index (χ0n) is 22.3. The van der Waals surface area contributed by atoms with E-state index >= 15 is 0 Å². The van der Waals surface area contributed by atoms with Crippen molar-refractivity contribution in [3.63, 3.8) is 0 Å². The average Bonchev–Trinajstić information content (AvgIpc) is 2.99. The van der Waals surface area contributed by atoms with Gasteiger partial charge in [-0.1, -0.05) is 59.6 Å². The van der Waals surface area contributed by atoms with Gasteiger partial charge in [0.15, 0.2) is 18.1 Å². The van der Waals surface area contributed by atoms with Crippen molar-refractivity contribution < 1.29 is 28.5 Å². The van der Waals surface area contributed by atoms with Gasteiger partial charge in [-0.2, -0.15) is 5.26 Å². The first-order chi connectivity index (χ1) is 20.4. The third-order valence-corrected chi connectivity index (χ3v) is 7.04. The second-order valence-electron chi connectivity index (χ2n) is 9.13. The number of rotatable bonds is 9. The largest absolute Gasteiger partial charge is 0.493 e. The molecule has 4 aromatic rings. The van der Waals surface area contributed by atoms with Crippen LogP contribution in [0.5, 0.6) is 28.7 Å². The van der Waals surface area contributed by atoms with Gasteiger partial charge < -0.3 is 29.4 Å². The molecule has 0 amide bonds. The zero-order valence-corrected chi connectivity index (χ0v) is 23.8. The maximum absolute atomic E-state index is 12.4. The first-order valence-electron chi connectivity index (χ1n) is 12.7. The van der Waals surface area contributed by atoms with Gasteiger partial charge in [-0.3, -0.25) is 0 Å². The lowest BCUT2D eigenvalue weighted by Gasteiger charge is -2.27. The molecule has 4 aromatic carbocycles. The summed E-state index contributed by atoms with van der Waals surface area (Å²) in [6, 6.07) is 26.5. The highest BCUT2D eigenvalue weighted by molar-refractivity contribution is 6.31. The van der Waals surface area contributed by atoms with E-state index in [9.17, 15) is 10.1 Å². The molecule has 0 spiro atoms. The minimum atomic E-state index is -0.624. The van der Waals surface area contributed by atoms with E-state index < -0.39 is 11.9 Å². The van der Waals surface area contributed by atoms with E-state index in [2.05, 4.69) is 6.07 Å². The van der Waals surface area contributed by atoms with Crippen LogP contribution in [-0.2, 0) is 11.4 Å². The van der Waals surface area contributed by atoms with Crippen LogP contribution in [0, 0.1) is 11.3 Å². The van der Waals surface area contributed by atoms with Gasteiger partial charge in [0.25, 0.3) is 0 Å². The van der Waals surface area contributed by atoms with Crippen molar-refractivity contribution in [2.75, 3.05) is 13.7 Å². The second-order valence-corrected chi connectivity index (χ2v) is 9.98. The summed E-state index contributed by atoms with van der Waals surface area (Å²) in [6.45, 7) is -0.0797. The number of nitriles is 1. The number of carbonyl (C=O) groups is 1. The van der Waals surface area contributed by atoms with Crippen LogP contribution >= 0.6 is 23.2 Å². The minimum absolute atomic E-state index is 0.0548. The highest BCUT2D eigenvalue weighted by Gasteiger charge is 2.32. The van der Waals surface area contributed by atoms with Crippen LogP contribution in [0.4, 0.5) is 0 Å². The number of halogens is 2. The summed E-state index contributed by atoms with van der Waals surface area (Å²) in [5.41, 5.74) is 8.60. The van der Waals surface area contributed by atoms with Gasteiger partial charge in [-0.25, -0.2) is 4.79 Å². The predicted octanol–water partition coefficient (Wildman–Crippen LogP) is 6.78. The topological polar surface area (TPSA) is 113 Å². The van der Waals surface area contributed by atoms with Crippen LogP contribution in [0.3, 0.4) is 0 Å². The number of esters is 1. The molecule has 1 atom stereocenters. The molecule has 8 nitrogen and oxygen atoms in total.